The number of phenols is 1. The number of hydrogen-bond acceptors (Lipinski definition) is 8. The molecule has 2 aromatic heterocycles. The van der Waals surface area contributed by atoms with Crippen LogP contribution in [0.15, 0.2) is 59.7 Å². The van der Waals surface area contributed by atoms with Gasteiger partial charge in [0.1, 0.15) is 17.6 Å². The predicted molar refractivity (Wildman–Crippen MR) is 122 cm³/mol. The van der Waals surface area contributed by atoms with Crippen molar-refractivity contribution in [2.75, 3.05) is 19.1 Å². The van der Waals surface area contributed by atoms with Crippen LogP contribution in [0.5, 0.6) is 11.5 Å². The molecule has 0 amide bonds. The fraction of sp³-hybridized carbons (Fsp3) is 0.136. The molecule has 0 bridgehead atoms. The van der Waals surface area contributed by atoms with Gasteiger partial charge in [-0.05, 0) is 36.4 Å². The first-order chi connectivity index (χ1) is 16.3. The van der Waals surface area contributed by atoms with Crippen LogP contribution in [-0.4, -0.2) is 49.8 Å². The minimum atomic E-state index is -0.998. The molecule has 0 saturated heterocycles. The lowest BCUT2D eigenvalue weighted by Crippen LogP contribution is -2.27. The Labute approximate surface area is 192 Å². The Morgan fingerprint density at radius 3 is 2.56 bits per heavy atom. The summed E-state index contributed by atoms with van der Waals surface area (Å²) >= 11 is 0. The minimum absolute atomic E-state index is 0.00451. The Hall–Kier alpha value is -4.74. The van der Waals surface area contributed by atoms with E-state index in [2.05, 4.69) is 20.1 Å². The number of nitrogens with two attached hydrogens (primary N) is 1. The average molecular weight is 464 g/mol. The van der Waals surface area contributed by atoms with Crippen LogP contribution in [0.4, 0.5) is 10.1 Å². The van der Waals surface area contributed by atoms with Gasteiger partial charge >= 0.3 is 5.69 Å². The lowest BCUT2D eigenvalue weighted by atomic mass is 10.0. The monoisotopic (exact) mass is 464 g/mol. The molecular weight excluding hydrogens is 443 g/mol. The molecule has 1 unspecified atom stereocenters. The third-order valence-electron chi connectivity index (χ3n) is 5.19. The zero-order valence-electron chi connectivity index (χ0n) is 18.2. The number of benzene rings is 2. The van der Waals surface area contributed by atoms with Crippen LogP contribution in [-0.2, 0) is 0 Å². The standard InChI is InChI=1S/C22H21FN8O3/c1-30(13-6-4-12(5-7-13)19(24)25)18(15-10-14(34-2)11-16(32)17(15)23)20-28-22(33)31(29-20)21-26-8-3-9-27-21/h3-11,18,32H,1-2H3,(H3,24,25)(H,28,29,33). The zero-order chi connectivity index (χ0) is 24.4. The molecule has 4 aromatic rings. The second-order valence-electron chi connectivity index (χ2n) is 7.30. The lowest BCUT2D eigenvalue weighted by molar-refractivity contribution is 0.392. The maximum Gasteiger partial charge on any atom is 0.350 e. The van der Waals surface area contributed by atoms with Gasteiger partial charge in [-0.2, -0.15) is 0 Å². The molecule has 174 valence electrons. The fourth-order valence-corrected chi connectivity index (χ4v) is 3.49. The van der Waals surface area contributed by atoms with E-state index in [1.807, 2.05) is 0 Å². The van der Waals surface area contributed by atoms with Crippen molar-refractivity contribution in [3.63, 3.8) is 0 Å². The molecule has 0 saturated carbocycles. The third kappa shape index (κ3) is 4.16. The summed E-state index contributed by atoms with van der Waals surface area (Å²) in [4.78, 5) is 25.0. The molecule has 12 heteroatoms. The van der Waals surface area contributed by atoms with Crippen molar-refractivity contribution in [2.45, 2.75) is 6.04 Å². The van der Waals surface area contributed by atoms with Crippen LogP contribution < -0.4 is 21.1 Å². The quantitative estimate of drug-likeness (QED) is 0.238. The first kappa shape index (κ1) is 22.5. The summed E-state index contributed by atoms with van der Waals surface area (Å²) in [5.41, 5.74) is 6.03. The number of ether oxygens (including phenoxy) is 1. The molecule has 1 atom stereocenters. The number of rotatable bonds is 7. The highest BCUT2D eigenvalue weighted by molar-refractivity contribution is 5.95. The number of aromatic amines is 1. The molecule has 4 rings (SSSR count). The van der Waals surface area contributed by atoms with Crippen LogP contribution in [0, 0.1) is 11.2 Å². The molecule has 5 N–H and O–H groups in total. The van der Waals surface area contributed by atoms with Gasteiger partial charge in [0.25, 0.3) is 5.95 Å². The summed E-state index contributed by atoms with van der Waals surface area (Å²) in [5.74, 6) is -1.29. The van der Waals surface area contributed by atoms with Crippen molar-refractivity contribution in [3.8, 4) is 17.4 Å². The number of methoxy groups -OCH3 is 1. The summed E-state index contributed by atoms with van der Waals surface area (Å²) < 4.78 is 21.4. The first-order valence-electron chi connectivity index (χ1n) is 10.0. The number of aromatic hydroxyl groups is 1. The van der Waals surface area contributed by atoms with Crippen LogP contribution in [0.2, 0.25) is 0 Å². The Bertz CT molecular complexity index is 1390. The molecule has 2 aromatic carbocycles. The van der Waals surface area contributed by atoms with Crippen molar-refractivity contribution >= 4 is 11.5 Å². The van der Waals surface area contributed by atoms with Crippen molar-refractivity contribution < 1.29 is 14.2 Å². The average Bonchev–Trinajstić information content (AvgIpc) is 3.23. The number of halogens is 1. The SMILES string of the molecule is COc1cc(O)c(F)c(C(c2nn(-c3ncccn3)c(=O)[nH]2)N(C)c2ccc(C(=N)N)cc2)c1. The van der Waals surface area contributed by atoms with Crippen molar-refractivity contribution in [2.24, 2.45) is 5.73 Å². The Balaban J connectivity index is 1.89. The zero-order valence-corrected chi connectivity index (χ0v) is 18.2. The summed E-state index contributed by atoms with van der Waals surface area (Å²) in [6.07, 6.45) is 2.92. The maximum atomic E-state index is 15.2. The predicted octanol–water partition coefficient (Wildman–Crippen LogP) is 1.71. The number of nitrogen functional groups attached to an aromatic ring is 1. The van der Waals surface area contributed by atoms with Crippen molar-refractivity contribution in [3.05, 3.63) is 88.1 Å². The van der Waals surface area contributed by atoms with E-state index in [1.54, 1.807) is 42.3 Å². The maximum absolute atomic E-state index is 15.2. The third-order valence-corrected chi connectivity index (χ3v) is 5.19. The number of phenolic OH excluding ortho intramolecular Hbond substituents is 1. The largest absolute Gasteiger partial charge is 0.505 e. The summed E-state index contributed by atoms with van der Waals surface area (Å²) in [5, 5.41) is 22.1. The molecule has 2 heterocycles. The van der Waals surface area contributed by atoms with Crippen LogP contribution in [0.3, 0.4) is 0 Å². The van der Waals surface area contributed by atoms with Crippen molar-refractivity contribution in [1.29, 1.82) is 5.41 Å². The molecule has 11 nitrogen and oxygen atoms in total. The number of anilines is 1. The topological polar surface area (TPSA) is 159 Å². The molecule has 0 fully saturated rings. The van der Waals surface area contributed by atoms with Crippen molar-refractivity contribution in [1.82, 2.24) is 24.7 Å². The van der Waals surface area contributed by atoms with Crippen LogP contribution in [0.1, 0.15) is 23.0 Å². The second kappa shape index (κ2) is 9.02. The van der Waals surface area contributed by atoms with Gasteiger partial charge in [-0.1, -0.05) is 0 Å². The number of nitrogens with one attached hydrogen (secondary N) is 2. The summed E-state index contributed by atoms with van der Waals surface area (Å²) in [7, 11) is 3.05. The number of hydrogen-bond donors (Lipinski definition) is 4. The van der Waals surface area contributed by atoms with Gasteiger partial charge in [-0.15, -0.1) is 9.78 Å². The van der Waals surface area contributed by atoms with E-state index in [9.17, 15) is 9.90 Å². The fourth-order valence-electron chi connectivity index (χ4n) is 3.49. The van der Waals surface area contributed by atoms with E-state index in [4.69, 9.17) is 15.9 Å². The smallest absolute Gasteiger partial charge is 0.350 e. The number of aromatic nitrogens is 5. The van der Waals surface area contributed by atoms with Crippen LogP contribution >= 0.6 is 0 Å². The molecular formula is C22H21FN8O3. The van der Waals surface area contributed by atoms with Gasteiger partial charge in [0.2, 0.25) is 0 Å². The molecule has 34 heavy (non-hydrogen) atoms. The van der Waals surface area contributed by atoms with E-state index in [1.165, 1.54) is 25.6 Å². The highest BCUT2D eigenvalue weighted by atomic mass is 19.1. The normalized spacial score (nSPS) is 11.7. The van der Waals surface area contributed by atoms with Gasteiger partial charge in [0, 0.05) is 42.3 Å². The van der Waals surface area contributed by atoms with Gasteiger partial charge in [0.05, 0.1) is 7.11 Å². The van der Waals surface area contributed by atoms with E-state index in [-0.39, 0.29) is 28.9 Å². The second-order valence-corrected chi connectivity index (χ2v) is 7.30. The van der Waals surface area contributed by atoms with E-state index < -0.39 is 23.3 Å². The summed E-state index contributed by atoms with van der Waals surface area (Å²) in [6, 6.07) is 9.83. The number of amidine groups is 1. The molecule has 0 aliphatic carbocycles. The number of nitrogens with zero attached hydrogens (tertiary/aromatic N) is 5. The summed E-state index contributed by atoms with van der Waals surface area (Å²) in [6.45, 7) is 0. The Morgan fingerprint density at radius 2 is 1.94 bits per heavy atom. The van der Waals surface area contributed by atoms with Gasteiger partial charge in [0.15, 0.2) is 17.4 Å². The number of H-pyrrole nitrogens is 1. The van der Waals surface area contributed by atoms with E-state index in [0.717, 1.165) is 10.7 Å². The van der Waals surface area contributed by atoms with E-state index in [0.29, 0.717) is 11.3 Å². The first-order valence-corrected chi connectivity index (χ1v) is 10.0. The molecule has 0 spiro atoms. The molecule has 0 aliphatic rings. The Morgan fingerprint density at radius 1 is 1.26 bits per heavy atom. The highest BCUT2D eigenvalue weighted by Gasteiger charge is 2.30. The van der Waals surface area contributed by atoms with Gasteiger partial charge < -0.3 is 20.5 Å². The lowest BCUT2D eigenvalue weighted by Gasteiger charge is -2.29. The van der Waals surface area contributed by atoms with Crippen LogP contribution in [0.25, 0.3) is 5.95 Å². The molecule has 0 radical (unpaired) electrons. The minimum Gasteiger partial charge on any atom is -0.505 e. The Kier molecular flexibility index (Phi) is 5.95. The van der Waals surface area contributed by atoms with E-state index >= 15 is 4.39 Å². The molecule has 0 aliphatic heterocycles. The van der Waals surface area contributed by atoms with Gasteiger partial charge in [-0.25, -0.2) is 19.2 Å². The van der Waals surface area contributed by atoms with Gasteiger partial charge in [-0.3, -0.25) is 10.4 Å². The highest BCUT2D eigenvalue weighted by Crippen LogP contribution is 2.36.